The van der Waals surface area contributed by atoms with Crippen LogP contribution in [0.2, 0.25) is 0 Å². The Bertz CT molecular complexity index is 536. The van der Waals surface area contributed by atoms with Crippen molar-refractivity contribution in [3.63, 3.8) is 0 Å². The molecule has 3 aliphatic carbocycles. The third-order valence-corrected chi connectivity index (χ3v) is 7.61. The first kappa shape index (κ1) is 17.5. The van der Waals surface area contributed by atoms with Gasteiger partial charge in [-0.1, -0.05) is 27.7 Å². The minimum absolute atomic E-state index is 0.450. The first-order valence-electron chi connectivity index (χ1n) is 9.99. The van der Waals surface area contributed by atoms with Gasteiger partial charge in [-0.2, -0.15) is 0 Å². The largest absolute Gasteiger partial charge is 0.261 e. The first-order valence-corrected chi connectivity index (χ1v) is 9.99. The van der Waals surface area contributed by atoms with E-state index < -0.39 is 0 Å². The van der Waals surface area contributed by atoms with Crippen LogP contribution in [0.15, 0.2) is 11.3 Å². The lowest BCUT2D eigenvalue weighted by molar-refractivity contribution is 0.111. The lowest BCUT2D eigenvalue weighted by atomic mass is 9.66. The predicted molar refractivity (Wildman–Crippen MR) is 97.6 cm³/mol. The molecular formula is C22H32N2. The Hall–Kier alpha value is -1.28. The van der Waals surface area contributed by atoms with Crippen LogP contribution in [0.4, 0.5) is 0 Å². The molecule has 0 aliphatic heterocycles. The monoisotopic (exact) mass is 324 g/mol. The molecule has 6 atom stereocenters. The highest BCUT2D eigenvalue weighted by molar-refractivity contribution is 5.39. The van der Waals surface area contributed by atoms with Gasteiger partial charge in [0.1, 0.15) is 0 Å². The van der Waals surface area contributed by atoms with E-state index in [1.54, 1.807) is 0 Å². The summed E-state index contributed by atoms with van der Waals surface area (Å²) in [6.07, 6.45) is 7.78. The van der Waals surface area contributed by atoms with Gasteiger partial charge in [-0.15, -0.1) is 0 Å². The maximum Gasteiger partial charge on any atom is 0.261 e. The summed E-state index contributed by atoms with van der Waals surface area (Å²) >= 11 is 0. The van der Waals surface area contributed by atoms with E-state index in [-0.39, 0.29) is 0 Å². The van der Waals surface area contributed by atoms with Crippen molar-refractivity contribution in [2.45, 2.75) is 66.2 Å². The second kappa shape index (κ2) is 6.92. The molecular weight excluding hydrogens is 292 g/mol. The summed E-state index contributed by atoms with van der Waals surface area (Å²) in [6.45, 7) is 16.9. The molecule has 0 aromatic rings. The fourth-order valence-electron chi connectivity index (χ4n) is 6.18. The molecule has 0 heterocycles. The fraction of sp³-hybridized carbons (Fsp3) is 0.818. The van der Waals surface area contributed by atoms with Crippen molar-refractivity contribution in [2.75, 3.05) is 0 Å². The Morgan fingerprint density at radius 1 is 0.958 bits per heavy atom. The smallest absolute Gasteiger partial charge is 0.227 e. The molecule has 0 saturated heterocycles. The molecule has 6 unspecified atom stereocenters. The van der Waals surface area contributed by atoms with E-state index in [0.717, 1.165) is 35.5 Å². The Morgan fingerprint density at radius 2 is 1.42 bits per heavy atom. The minimum atomic E-state index is 0.450. The maximum atomic E-state index is 9.60. The van der Waals surface area contributed by atoms with Crippen molar-refractivity contribution in [3.05, 3.63) is 22.7 Å². The third kappa shape index (κ3) is 2.90. The number of allylic oxidation sites excluding steroid dienone is 2. The first-order chi connectivity index (χ1) is 11.5. The Morgan fingerprint density at radius 3 is 1.75 bits per heavy atom. The molecule has 24 heavy (non-hydrogen) atoms. The highest BCUT2D eigenvalue weighted by Crippen LogP contribution is 2.60. The number of hydrogen-bond donors (Lipinski definition) is 0. The fourth-order valence-corrected chi connectivity index (χ4v) is 6.18. The van der Waals surface area contributed by atoms with Crippen molar-refractivity contribution >= 4 is 0 Å². The van der Waals surface area contributed by atoms with E-state index in [4.69, 9.17) is 6.57 Å². The lowest BCUT2D eigenvalue weighted by Crippen LogP contribution is -2.30. The number of rotatable bonds is 2. The van der Waals surface area contributed by atoms with Gasteiger partial charge in [-0.25, -0.2) is 10.1 Å². The highest BCUT2D eigenvalue weighted by atomic mass is 14.7. The van der Waals surface area contributed by atoms with Gasteiger partial charge in [0.2, 0.25) is 0 Å². The normalized spacial score (nSPS) is 38.4. The Balaban J connectivity index is 1.97. The van der Waals surface area contributed by atoms with Crippen molar-refractivity contribution < 1.29 is 0 Å². The van der Waals surface area contributed by atoms with Crippen LogP contribution in [0, 0.1) is 65.2 Å². The van der Waals surface area contributed by atoms with Crippen LogP contribution in [0.1, 0.15) is 66.2 Å². The molecule has 3 aliphatic rings. The molecule has 0 aromatic heterocycles. The van der Waals surface area contributed by atoms with Crippen molar-refractivity contribution in [2.24, 2.45) is 47.3 Å². The van der Waals surface area contributed by atoms with Gasteiger partial charge in [-0.3, -0.25) is 0 Å². The van der Waals surface area contributed by atoms with E-state index in [0.29, 0.717) is 17.5 Å². The molecule has 2 heteroatoms. The number of fused-ring (bicyclic) bond motifs is 3. The maximum absolute atomic E-state index is 9.60. The molecule has 130 valence electrons. The molecule has 0 amide bonds. The van der Waals surface area contributed by atoms with Gasteiger partial charge in [-0.05, 0) is 91.4 Å². The molecule has 0 radical (unpaired) electrons. The molecule has 2 nitrogen and oxygen atoms in total. The van der Waals surface area contributed by atoms with E-state index in [1.807, 2.05) is 0 Å². The summed E-state index contributed by atoms with van der Waals surface area (Å²) in [5, 5.41) is 9.60. The van der Waals surface area contributed by atoms with Crippen LogP contribution in [0.3, 0.4) is 0 Å². The molecule has 0 spiro atoms. The van der Waals surface area contributed by atoms with E-state index >= 15 is 0 Å². The molecule has 0 N–H and O–H groups in total. The van der Waals surface area contributed by atoms with Gasteiger partial charge in [0.05, 0.1) is 12.6 Å². The Labute approximate surface area is 148 Å². The second-order valence-electron chi connectivity index (χ2n) is 9.20. The van der Waals surface area contributed by atoms with Crippen molar-refractivity contribution in [1.29, 1.82) is 5.26 Å². The van der Waals surface area contributed by atoms with Crippen molar-refractivity contribution in [1.82, 2.24) is 0 Å². The van der Waals surface area contributed by atoms with Crippen LogP contribution in [-0.2, 0) is 0 Å². The van der Waals surface area contributed by atoms with E-state index in [9.17, 15) is 5.26 Å². The summed E-state index contributed by atoms with van der Waals surface area (Å²) in [7, 11) is 0. The quantitative estimate of drug-likeness (QED) is 0.447. The molecule has 0 aromatic carbocycles. The summed E-state index contributed by atoms with van der Waals surface area (Å²) in [5.74, 6) is 5.53. The van der Waals surface area contributed by atoms with Crippen molar-refractivity contribution in [3.8, 4) is 6.07 Å². The summed E-state index contributed by atoms with van der Waals surface area (Å²) in [5.41, 5.74) is 1.74. The van der Waals surface area contributed by atoms with Crippen LogP contribution >= 0.6 is 0 Å². The number of nitrogens with zero attached hydrogens (tertiary/aromatic N) is 2. The van der Waals surface area contributed by atoms with Gasteiger partial charge in [0.25, 0.3) is 5.70 Å². The lowest BCUT2D eigenvalue weighted by Gasteiger charge is -2.39. The van der Waals surface area contributed by atoms with E-state index in [1.165, 1.54) is 44.1 Å². The zero-order chi connectivity index (χ0) is 17.4. The average Bonchev–Trinajstić information content (AvgIpc) is 2.89. The zero-order valence-electron chi connectivity index (χ0n) is 15.8. The third-order valence-electron chi connectivity index (χ3n) is 7.61. The number of nitriles is 1. The zero-order valence-corrected chi connectivity index (χ0v) is 15.8. The van der Waals surface area contributed by atoms with Gasteiger partial charge in [0.15, 0.2) is 0 Å². The second-order valence-corrected chi connectivity index (χ2v) is 9.20. The van der Waals surface area contributed by atoms with Crippen LogP contribution < -0.4 is 0 Å². The van der Waals surface area contributed by atoms with Gasteiger partial charge < -0.3 is 0 Å². The van der Waals surface area contributed by atoms with Crippen LogP contribution in [0.25, 0.3) is 4.85 Å². The Kier molecular flexibility index (Phi) is 5.05. The van der Waals surface area contributed by atoms with E-state index in [2.05, 4.69) is 38.6 Å². The SMILES string of the molecule is [C-]#[N+]C(C#N)=C1C2CC(C(C)C)CCC2C2CCC(C(C)C)CC12. The highest BCUT2D eigenvalue weighted by Gasteiger charge is 2.51. The summed E-state index contributed by atoms with van der Waals surface area (Å²) in [6, 6.07) is 2.27. The minimum Gasteiger partial charge on any atom is -0.227 e. The standard InChI is InChI=1S/C22H32N2/c1-13(2)15-6-8-17-18-9-7-16(14(3)4)11-20(18)22(19(17)10-15)21(12-23)24-5/h13-20H,6-11H2,1-4H3. The van der Waals surface area contributed by atoms with Crippen LogP contribution in [0.5, 0.6) is 0 Å². The average molecular weight is 325 g/mol. The summed E-state index contributed by atoms with van der Waals surface area (Å²) in [4.78, 5) is 3.68. The number of hydrogen-bond acceptors (Lipinski definition) is 1. The molecule has 3 saturated carbocycles. The molecule has 3 fully saturated rings. The topological polar surface area (TPSA) is 28.1 Å². The van der Waals surface area contributed by atoms with Gasteiger partial charge in [0, 0.05) is 0 Å². The molecule has 3 rings (SSSR count). The predicted octanol–water partition coefficient (Wildman–Crippen LogP) is 6.07. The summed E-state index contributed by atoms with van der Waals surface area (Å²) < 4.78 is 0. The van der Waals surface area contributed by atoms with Gasteiger partial charge >= 0.3 is 0 Å². The van der Waals surface area contributed by atoms with Crippen LogP contribution in [-0.4, -0.2) is 0 Å². The molecule has 0 bridgehead atoms.